The molecule has 0 amide bonds. The largest absolute Gasteiger partial charge is 0.437 e. The lowest BCUT2D eigenvalue weighted by molar-refractivity contribution is -0.661. The normalized spacial score (nSPS) is 15.1. The quantitative estimate of drug-likeness (QED) is 0.145. The number of aryl methyl sites for hydroxylation is 9. The Morgan fingerprint density at radius 2 is 0.708 bits per heavy atom. The third-order valence-electron chi connectivity index (χ3n) is 22.6. The van der Waals surface area contributed by atoms with Crippen LogP contribution in [0.25, 0.3) is 177 Å². The van der Waals surface area contributed by atoms with E-state index in [9.17, 15) is 0 Å². The van der Waals surface area contributed by atoms with Crippen molar-refractivity contribution in [1.29, 1.82) is 0 Å². The molecule has 12 aromatic heterocycles. The Bertz CT molecular complexity index is 7420. The van der Waals surface area contributed by atoms with Crippen molar-refractivity contribution in [3.63, 3.8) is 0 Å². The van der Waals surface area contributed by atoms with E-state index in [0.29, 0.717) is 34.0 Å². The van der Waals surface area contributed by atoms with Crippen LogP contribution in [-0.2, 0) is 28.2 Å². The Labute approximate surface area is 669 Å². The van der Waals surface area contributed by atoms with Gasteiger partial charge in [-0.3, -0.25) is 0 Å². The van der Waals surface area contributed by atoms with E-state index < -0.39 is 31.4 Å². The number of pyridine rings is 8. The molecule has 1 aliphatic rings. The van der Waals surface area contributed by atoms with Crippen LogP contribution in [-0.4, -0.2) is 19.9 Å². The van der Waals surface area contributed by atoms with Crippen LogP contribution in [0.2, 0.25) is 0 Å². The van der Waals surface area contributed by atoms with Gasteiger partial charge in [-0.05, 0) is 160 Å². The van der Waals surface area contributed by atoms with Gasteiger partial charge in [0, 0.05) is 124 Å². The summed E-state index contributed by atoms with van der Waals surface area (Å²) in [4.78, 5) is 19.0. The summed E-state index contributed by atoms with van der Waals surface area (Å²) in [5.74, 6) is -2.83. The highest BCUT2D eigenvalue weighted by atomic mass is 16.4. The van der Waals surface area contributed by atoms with Gasteiger partial charge in [-0.25, -0.2) is 38.2 Å². The van der Waals surface area contributed by atoms with Crippen molar-refractivity contribution in [2.45, 2.75) is 112 Å². The van der Waals surface area contributed by atoms with Gasteiger partial charge in [-0.2, -0.15) is 0 Å². The molecule has 113 heavy (non-hydrogen) atoms. The van der Waals surface area contributed by atoms with Crippen molar-refractivity contribution in [3.05, 3.63) is 288 Å². The highest BCUT2D eigenvalue weighted by molar-refractivity contribution is 6.15. The molecule has 1 saturated carbocycles. The first-order valence-corrected chi connectivity index (χ1v) is 38.7. The number of fused-ring (bicyclic) bond motifs is 16. The molecule has 12 heteroatoms. The van der Waals surface area contributed by atoms with Crippen molar-refractivity contribution in [2.24, 2.45) is 28.2 Å². The van der Waals surface area contributed by atoms with Gasteiger partial charge in [-0.1, -0.05) is 168 Å². The van der Waals surface area contributed by atoms with Crippen molar-refractivity contribution >= 4 is 132 Å². The Kier molecular flexibility index (Phi) is 16.0. The number of para-hydroxylation sites is 4. The fourth-order valence-corrected chi connectivity index (χ4v) is 16.6. The van der Waals surface area contributed by atoms with E-state index >= 15 is 0 Å². The van der Waals surface area contributed by atoms with Gasteiger partial charge < -0.3 is 17.7 Å². The molecule has 0 bridgehead atoms. The van der Waals surface area contributed by atoms with Gasteiger partial charge in [-0.15, -0.1) is 0 Å². The third-order valence-corrected chi connectivity index (χ3v) is 22.6. The minimum Gasteiger partial charge on any atom is -0.437 e. The summed E-state index contributed by atoms with van der Waals surface area (Å²) in [5, 5.41) is 12.5. The number of aromatic nitrogens is 8. The molecule has 1 atom stereocenters. The summed E-state index contributed by atoms with van der Waals surface area (Å²) in [6.07, 6.45) is 12.9. The van der Waals surface area contributed by atoms with E-state index in [1.165, 1.54) is 13.3 Å². The van der Waals surface area contributed by atoms with Gasteiger partial charge in [0.15, 0.2) is 47.1 Å². The van der Waals surface area contributed by atoms with E-state index in [-0.39, 0.29) is 0 Å². The maximum absolute atomic E-state index is 9.14. The molecule has 0 N–H and O–H groups in total. The Balaban J connectivity index is 0.000000111. The fraction of sp³-hybridized carbons (Fsp3) is 0.208. The molecule has 556 valence electrons. The van der Waals surface area contributed by atoms with Gasteiger partial charge in [0.2, 0.25) is 45.6 Å². The molecule has 1 fully saturated rings. The number of hydrogen-bond acceptors (Lipinski definition) is 8. The van der Waals surface area contributed by atoms with Crippen molar-refractivity contribution in [3.8, 4) is 45.0 Å². The third kappa shape index (κ3) is 13.1. The monoisotopic (exact) mass is 1490 g/mol. The maximum atomic E-state index is 9.14. The molecule has 1 unspecified atom stereocenters. The van der Waals surface area contributed by atoms with Crippen LogP contribution in [0.15, 0.2) is 261 Å². The number of nitrogens with zero attached hydrogens (tertiary/aromatic N) is 8. The SMILES string of the molecule is [2H]C(C)(C)c1ccc(-c2c(C)ccc3c2oc2nc4ccccc4cc23)[n+](C)c1.[2H]C([2H])([2H])C([2H])(C)c1ccc(-c2c(C)ccc3c2oc2nc4ccccc4cc23)[n+](C)c1.[2H]C([2H])([2H])c1ccc(-c2c(C)ccc3c2oc2nc4ccccc4cc23)[n+](C)c1.[2H]C1(c2cc[n+](C)c(-c3c(C)ccc4c3oc3nc5ccccc5cc34)c2)CCCCC1. The van der Waals surface area contributed by atoms with E-state index in [0.717, 1.165) is 213 Å². The zero-order chi connectivity index (χ0) is 85.4. The predicted molar refractivity (Wildman–Crippen MR) is 460 cm³/mol. The number of rotatable bonds is 7. The van der Waals surface area contributed by atoms with Crippen molar-refractivity contribution in [1.82, 2.24) is 19.9 Å². The van der Waals surface area contributed by atoms with Crippen LogP contribution < -0.4 is 18.3 Å². The Hall–Kier alpha value is -12.8. The van der Waals surface area contributed by atoms with E-state index in [2.05, 4.69) is 139 Å². The summed E-state index contributed by atoms with van der Waals surface area (Å²) in [6, 6.07) is 73.2. The van der Waals surface area contributed by atoms with Gasteiger partial charge in [0.1, 0.15) is 28.2 Å². The predicted octanol–water partition coefficient (Wildman–Crippen LogP) is 24.3. The van der Waals surface area contributed by atoms with Crippen LogP contribution in [0.1, 0.15) is 134 Å². The first-order valence-electron chi connectivity index (χ1n) is 43.2. The van der Waals surface area contributed by atoms with E-state index in [1.54, 1.807) is 24.5 Å². The number of hydrogen-bond donors (Lipinski definition) is 0. The molecule has 0 aliphatic heterocycles. The molecule has 8 aromatic carbocycles. The molecule has 0 spiro atoms. The summed E-state index contributed by atoms with van der Waals surface area (Å²) in [5.41, 5.74) is 24.6. The lowest BCUT2D eigenvalue weighted by atomic mass is 9.84. The highest BCUT2D eigenvalue weighted by Gasteiger charge is 2.29. The molecular weight excluding hydrogens is 1390 g/mol. The lowest BCUT2D eigenvalue weighted by Gasteiger charge is -2.21. The molecule has 12 nitrogen and oxygen atoms in total. The zero-order valence-corrected chi connectivity index (χ0v) is 65.3. The van der Waals surface area contributed by atoms with Crippen LogP contribution >= 0.6 is 0 Å². The van der Waals surface area contributed by atoms with Gasteiger partial charge >= 0.3 is 0 Å². The Morgan fingerprint density at radius 3 is 1.05 bits per heavy atom. The molecule has 0 saturated heterocycles. The topological polar surface area (TPSA) is 120 Å². The van der Waals surface area contributed by atoms with Crippen LogP contribution in [0.5, 0.6) is 0 Å². The molecule has 0 radical (unpaired) electrons. The first kappa shape index (κ1) is 61.9. The standard InChI is InChI=1S/C28H27N2O.2C25H23N2O.C23H19N2O/c1-18-12-13-22-23-16-21-10-6-7-11-24(21)29-28(23)31-27(22)26(18)25-17-20(14-15-30(25)2)19-8-4-3-5-9-19;2*1-15(2)18-10-12-22(27(4)14-18)23-16(3)9-11-19-20-13-17-7-5-6-8-21(17)26-25(20)28-24(19)23;1-14-8-11-20(25(3)13-14)21-15(2)9-10-17-18-12-16-6-4-5-7-19(16)24-23(18)26-22(17)21/h6-7,10-17,19H,3-5,8-9H2,1-2H3;2*5-15H,1-4H3;4-13H,1-3H3/q4*+1/i19D;1D3,15D;15D;1D3. The maximum Gasteiger partial charge on any atom is 0.227 e. The van der Waals surface area contributed by atoms with Crippen LogP contribution in [0.4, 0.5) is 0 Å². The minimum atomic E-state index is -2.43. The summed E-state index contributed by atoms with van der Waals surface area (Å²) >= 11 is 0. The minimum absolute atomic E-state index is 0.311. The molecule has 20 aromatic rings. The zero-order valence-electron chi connectivity index (χ0n) is 74.3. The summed E-state index contributed by atoms with van der Waals surface area (Å²) < 4.78 is 105. The van der Waals surface area contributed by atoms with Crippen LogP contribution in [0, 0.1) is 34.5 Å². The van der Waals surface area contributed by atoms with Gasteiger partial charge in [0.25, 0.3) is 0 Å². The molecular formula is C101H92N8O4+4. The second-order valence-electron chi connectivity index (χ2n) is 30.5. The van der Waals surface area contributed by atoms with Gasteiger partial charge in [0.05, 0.1) is 44.3 Å². The summed E-state index contributed by atoms with van der Waals surface area (Å²) in [7, 11) is 7.82. The molecule has 1 aliphatic carbocycles. The van der Waals surface area contributed by atoms with Crippen molar-refractivity contribution < 1.29 is 48.3 Å². The van der Waals surface area contributed by atoms with E-state index in [4.69, 9.17) is 49.9 Å². The van der Waals surface area contributed by atoms with E-state index in [1.807, 2.05) is 167 Å². The average molecular weight is 1490 g/mol. The number of benzene rings is 8. The number of furan rings is 4. The van der Waals surface area contributed by atoms with Crippen molar-refractivity contribution in [2.75, 3.05) is 0 Å². The van der Waals surface area contributed by atoms with Crippen LogP contribution in [0.3, 0.4) is 0 Å². The Morgan fingerprint density at radius 1 is 0.363 bits per heavy atom. The molecule has 12 heterocycles. The fourth-order valence-electron chi connectivity index (χ4n) is 16.6. The lowest BCUT2D eigenvalue weighted by Crippen LogP contribution is -2.31. The highest BCUT2D eigenvalue weighted by Crippen LogP contribution is 2.44. The second kappa shape index (κ2) is 29.1. The average Bonchev–Trinajstić information content (AvgIpc) is 1.61. The second-order valence-corrected chi connectivity index (χ2v) is 30.5. The molecule has 21 rings (SSSR count). The first-order chi connectivity index (χ1) is 58.3. The summed E-state index contributed by atoms with van der Waals surface area (Å²) in [6.45, 7) is 8.97. The smallest absolute Gasteiger partial charge is 0.227 e.